The largest absolute Gasteiger partial charge is 0.493 e. The van der Waals surface area contributed by atoms with Crippen LogP contribution in [0.1, 0.15) is 29.8 Å². The molecule has 0 saturated carbocycles. The molecule has 6 nitrogen and oxygen atoms in total. The van der Waals surface area contributed by atoms with Crippen LogP contribution in [-0.2, 0) is 4.79 Å². The van der Waals surface area contributed by atoms with Crippen LogP contribution in [0.3, 0.4) is 0 Å². The van der Waals surface area contributed by atoms with Gasteiger partial charge in [-0.3, -0.25) is 15.0 Å². The summed E-state index contributed by atoms with van der Waals surface area (Å²) in [5.41, 5.74) is 3.66. The number of hydrogen-bond acceptors (Lipinski definition) is 6. The average molecular weight is 477 g/mol. The van der Waals surface area contributed by atoms with Crippen molar-refractivity contribution in [3.05, 3.63) is 63.5 Å². The van der Waals surface area contributed by atoms with Crippen LogP contribution in [0.25, 0.3) is 6.08 Å². The van der Waals surface area contributed by atoms with Crippen LogP contribution < -0.4 is 14.9 Å². The minimum Gasteiger partial charge on any atom is -0.493 e. The Kier molecular flexibility index (Phi) is 7.59. The zero-order valence-electron chi connectivity index (χ0n) is 17.2. The lowest BCUT2D eigenvalue weighted by atomic mass is 10.2. The summed E-state index contributed by atoms with van der Waals surface area (Å²) in [7, 11) is 1.56. The van der Waals surface area contributed by atoms with Crippen LogP contribution in [0.5, 0.6) is 11.5 Å². The van der Waals surface area contributed by atoms with Crippen LogP contribution >= 0.6 is 35.6 Å². The van der Waals surface area contributed by atoms with Gasteiger partial charge in [0.2, 0.25) is 0 Å². The standard InChI is InChI=1S/C22H21ClN2O4S2/c1-13(2)12-29-17-9-4-14(10-18(17)28-3)11-19-21(27)25(22(30)31-19)24-20(26)15-5-7-16(23)8-6-15/h4-11,13H,12H2,1-3H3,(H,24,26)/b19-11-. The Hall–Kier alpha value is -2.55. The van der Waals surface area contributed by atoms with Crippen molar-refractivity contribution in [1.29, 1.82) is 0 Å². The molecule has 0 radical (unpaired) electrons. The molecular formula is C22H21ClN2O4S2. The van der Waals surface area contributed by atoms with E-state index in [0.717, 1.165) is 22.3 Å². The number of thioether (sulfide) groups is 1. The van der Waals surface area contributed by atoms with Crippen molar-refractivity contribution in [3.63, 3.8) is 0 Å². The van der Waals surface area contributed by atoms with Gasteiger partial charge >= 0.3 is 0 Å². The summed E-state index contributed by atoms with van der Waals surface area (Å²) in [6.45, 7) is 4.70. The number of carbonyl (C=O) groups is 2. The molecule has 162 valence electrons. The lowest BCUT2D eigenvalue weighted by Gasteiger charge is -2.15. The van der Waals surface area contributed by atoms with E-state index >= 15 is 0 Å². The van der Waals surface area contributed by atoms with Crippen molar-refractivity contribution in [2.45, 2.75) is 13.8 Å². The van der Waals surface area contributed by atoms with Gasteiger partial charge in [0.1, 0.15) is 0 Å². The van der Waals surface area contributed by atoms with E-state index in [9.17, 15) is 9.59 Å². The number of nitrogens with zero attached hydrogens (tertiary/aromatic N) is 1. The Morgan fingerprint density at radius 1 is 1.23 bits per heavy atom. The van der Waals surface area contributed by atoms with Crippen molar-refractivity contribution in [1.82, 2.24) is 10.4 Å². The smallest absolute Gasteiger partial charge is 0.285 e. The molecule has 0 bridgehead atoms. The quantitative estimate of drug-likeness (QED) is 0.451. The molecule has 2 aromatic rings. The Morgan fingerprint density at radius 3 is 2.58 bits per heavy atom. The van der Waals surface area contributed by atoms with E-state index in [2.05, 4.69) is 19.3 Å². The first kappa shape index (κ1) is 23.1. The number of methoxy groups -OCH3 is 1. The second-order valence-electron chi connectivity index (χ2n) is 7.08. The minimum atomic E-state index is -0.456. The van der Waals surface area contributed by atoms with E-state index < -0.39 is 11.8 Å². The predicted molar refractivity (Wildman–Crippen MR) is 127 cm³/mol. The zero-order valence-corrected chi connectivity index (χ0v) is 19.6. The number of amides is 2. The van der Waals surface area contributed by atoms with Gasteiger partial charge in [-0.05, 0) is 66.2 Å². The molecule has 0 aromatic heterocycles. The van der Waals surface area contributed by atoms with Crippen molar-refractivity contribution < 1.29 is 19.1 Å². The normalized spacial score (nSPS) is 15.0. The van der Waals surface area contributed by atoms with Gasteiger partial charge in [-0.25, -0.2) is 0 Å². The second-order valence-corrected chi connectivity index (χ2v) is 9.19. The van der Waals surface area contributed by atoms with Crippen molar-refractivity contribution in [3.8, 4) is 11.5 Å². The van der Waals surface area contributed by atoms with E-state index in [1.54, 1.807) is 49.6 Å². The third-order valence-electron chi connectivity index (χ3n) is 4.17. The first-order chi connectivity index (χ1) is 14.8. The van der Waals surface area contributed by atoms with Gasteiger partial charge in [-0.15, -0.1) is 0 Å². The molecule has 1 aliphatic heterocycles. The summed E-state index contributed by atoms with van der Waals surface area (Å²) in [4.78, 5) is 25.6. The lowest BCUT2D eigenvalue weighted by Crippen LogP contribution is -2.44. The number of benzene rings is 2. The summed E-state index contributed by atoms with van der Waals surface area (Å²) >= 11 is 12.2. The minimum absolute atomic E-state index is 0.238. The highest BCUT2D eigenvalue weighted by molar-refractivity contribution is 8.26. The van der Waals surface area contributed by atoms with E-state index in [4.69, 9.17) is 33.3 Å². The predicted octanol–water partition coefficient (Wildman–Crippen LogP) is 4.93. The van der Waals surface area contributed by atoms with Gasteiger partial charge in [0, 0.05) is 10.6 Å². The molecule has 1 aliphatic rings. The van der Waals surface area contributed by atoms with Crippen LogP contribution in [0, 0.1) is 5.92 Å². The maximum Gasteiger partial charge on any atom is 0.285 e. The molecule has 0 aliphatic carbocycles. The van der Waals surface area contributed by atoms with Crippen molar-refractivity contribution in [2.24, 2.45) is 5.92 Å². The fourth-order valence-corrected chi connectivity index (χ4v) is 3.94. The molecule has 1 heterocycles. The molecule has 1 saturated heterocycles. The number of ether oxygens (including phenoxy) is 2. The third-order valence-corrected chi connectivity index (χ3v) is 5.73. The summed E-state index contributed by atoms with van der Waals surface area (Å²) in [6.07, 6.45) is 1.70. The highest BCUT2D eigenvalue weighted by Gasteiger charge is 2.33. The van der Waals surface area contributed by atoms with E-state index in [1.165, 1.54) is 0 Å². The molecule has 3 rings (SSSR count). The average Bonchev–Trinajstić information content (AvgIpc) is 3.00. The fourth-order valence-electron chi connectivity index (χ4n) is 2.63. The van der Waals surface area contributed by atoms with Crippen LogP contribution in [-0.4, -0.2) is 34.9 Å². The maximum atomic E-state index is 12.8. The molecule has 0 unspecified atom stereocenters. The Morgan fingerprint density at radius 2 is 1.94 bits per heavy atom. The molecule has 0 atom stereocenters. The second kappa shape index (κ2) is 10.2. The number of halogens is 1. The topological polar surface area (TPSA) is 67.9 Å². The Labute approximate surface area is 195 Å². The molecule has 31 heavy (non-hydrogen) atoms. The first-order valence-corrected chi connectivity index (χ1v) is 11.0. The van der Waals surface area contributed by atoms with Crippen molar-refractivity contribution >= 4 is 57.8 Å². The number of nitrogens with one attached hydrogen (secondary N) is 1. The summed E-state index contributed by atoms with van der Waals surface area (Å²) < 4.78 is 11.4. The van der Waals surface area contributed by atoms with Crippen LogP contribution in [0.2, 0.25) is 5.02 Å². The highest BCUT2D eigenvalue weighted by atomic mass is 35.5. The monoisotopic (exact) mass is 476 g/mol. The number of carbonyl (C=O) groups excluding carboxylic acids is 2. The van der Waals surface area contributed by atoms with E-state index in [0.29, 0.717) is 39.5 Å². The Balaban J connectivity index is 1.75. The molecule has 2 amide bonds. The number of hydrogen-bond donors (Lipinski definition) is 1. The van der Waals surface area contributed by atoms with Crippen molar-refractivity contribution in [2.75, 3.05) is 13.7 Å². The Bertz CT molecular complexity index is 1040. The van der Waals surface area contributed by atoms with Gasteiger partial charge < -0.3 is 9.47 Å². The highest BCUT2D eigenvalue weighted by Crippen LogP contribution is 2.34. The fraction of sp³-hybridized carbons (Fsp3) is 0.227. The molecule has 9 heteroatoms. The van der Waals surface area contributed by atoms with E-state index in [1.807, 2.05) is 6.07 Å². The molecule has 0 spiro atoms. The number of thiocarbonyl (C=S) groups is 1. The summed E-state index contributed by atoms with van der Waals surface area (Å²) in [6, 6.07) is 11.8. The molecular weight excluding hydrogens is 456 g/mol. The number of hydrazine groups is 1. The van der Waals surface area contributed by atoms with Gasteiger partial charge in [0.25, 0.3) is 11.8 Å². The van der Waals surface area contributed by atoms with Gasteiger partial charge in [0.15, 0.2) is 15.8 Å². The van der Waals surface area contributed by atoms with Crippen LogP contribution in [0.15, 0.2) is 47.4 Å². The SMILES string of the molecule is COc1cc(/C=C2\SC(=S)N(NC(=O)c3ccc(Cl)cc3)C2=O)ccc1OCC(C)C. The zero-order chi connectivity index (χ0) is 22.5. The number of rotatable bonds is 7. The molecule has 2 aromatic carbocycles. The van der Waals surface area contributed by atoms with E-state index in [-0.39, 0.29) is 4.32 Å². The van der Waals surface area contributed by atoms with Crippen LogP contribution in [0.4, 0.5) is 0 Å². The first-order valence-electron chi connectivity index (χ1n) is 9.44. The van der Waals surface area contributed by atoms with Gasteiger partial charge in [-0.2, -0.15) is 5.01 Å². The molecule has 1 fully saturated rings. The summed E-state index contributed by atoms with van der Waals surface area (Å²) in [5.74, 6) is 0.727. The maximum absolute atomic E-state index is 12.8. The summed E-state index contributed by atoms with van der Waals surface area (Å²) in [5, 5.41) is 1.58. The molecule has 1 N–H and O–H groups in total. The lowest BCUT2D eigenvalue weighted by molar-refractivity contribution is -0.123. The van der Waals surface area contributed by atoms with Gasteiger partial charge in [-0.1, -0.05) is 43.3 Å². The third kappa shape index (κ3) is 5.78. The van der Waals surface area contributed by atoms with Gasteiger partial charge in [0.05, 0.1) is 18.6 Å².